The maximum atomic E-state index is 8.26. The summed E-state index contributed by atoms with van der Waals surface area (Å²) >= 11 is 4.74. The SMILES string of the molecule is N#CCC1(C=S)CC1. The Hall–Kier alpha value is -0.420. The molecule has 1 aliphatic carbocycles. The summed E-state index contributed by atoms with van der Waals surface area (Å²) in [6, 6.07) is 2.12. The molecule has 0 N–H and O–H groups in total. The first kappa shape index (κ1) is 5.71. The zero-order valence-corrected chi connectivity index (χ0v) is 5.37. The molecule has 0 radical (unpaired) electrons. The van der Waals surface area contributed by atoms with Gasteiger partial charge in [0.15, 0.2) is 0 Å². The lowest BCUT2D eigenvalue weighted by molar-refractivity contribution is 0.751. The zero-order valence-electron chi connectivity index (χ0n) is 4.55. The van der Waals surface area contributed by atoms with Crippen molar-refractivity contribution in [1.29, 1.82) is 5.26 Å². The van der Waals surface area contributed by atoms with Crippen LogP contribution in [0.25, 0.3) is 0 Å². The van der Waals surface area contributed by atoms with Crippen LogP contribution >= 0.6 is 12.2 Å². The van der Waals surface area contributed by atoms with Crippen LogP contribution < -0.4 is 0 Å². The van der Waals surface area contributed by atoms with E-state index in [4.69, 9.17) is 17.5 Å². The maximum absolute atomic E-state index is 8.26. The van der Waals surface area contributed by atoms with Crippen molar-refractivity contribution in [3.05, 3.63) is 0 Å². The van der Waals surface area contributed by atoms with E-state index in [2.05, 4.69) is 6.07 Å². The van der Waals surface area contributed by atoms with Gasteiger partial charge in [-0.1, -0.05) is 12.2 Å². The lowest BCUT2D eigenvalue weighted by Crippen LogP contribution is -1.96. The highest BCUT2D eigenvalue weighted by Gasteiger charge is 2.39. The van der Waals surface area contributed by atoms with Crippen LogP contribution in [0.5, 0.6) is 0 Å². The minimum atomic E-state index is 0.171. The quantitative estimate of drug-likeness (QED) is 0.524. The Kier molecular flexibility index (Phi) is 1.31. The zero-order chi connectivity index (χ0) is 6.04. The van der Waals surface area contributed by atoms with Gasteiger partial charge in [0.2, 0.25) is 0 Å². The Morgan fingerprint density at radius 3 is 2.50 bits per heavy atom. The molecular weight excluding hydrogens is 118 g/mol. The standard InChI is InChI=1S/C6H7NS/c7-4-3-6(5-8)1-2-6/h5H,1-3H2. The minimum Gasteiger partial charge on any atom is -0.198 e. The third-order valence-corrected chi connectivity index (χ3v) is 2.07. The summed E-state index contributed by atoms with van der Waals surface area (Å²) in [6.07, 6.45) is 2.88. The van der Waals surface area contributed by atoms with Gasteiger partial charge in [-0.2, -0.15) is 5.26 Å². The fraction of sp³-hybridized carbons (Fsp3) is 0.667. The molecule has 1 nitrogen and oxygen atoms in total. The van der Waals surface area contributed by atoms with E-state index < -0.39 is 0 Å². The van der Waals surface area contributed by atoms with Crippen molar-refractivity contribution in [3.63, 3.8) is 0 Å². The first-order chi connectivity index (χ1) is 3.83. The summed E-state index contributed by atoms with van der Waals surface area (Å²) in [6.45, 7) is 0. The van der Waals surface area contributed by atoms with Gasteiger partial charge in [0.1, 0.15) is 0 Å². The number of rotatable bonds is 2. The predicted octanol–water partition coefficient (Wildman–Crippen LogP) is 1.68. The predicted molar refractivity (Wildman–Crippen MR) is 35.6 cm³/mol. The smallest absolute Gasteiger partial charge is 0.0631 e. The molecule has 0 heterocycles. The molecule has 8 heavy (non-hydrogen) atoms. The molecule has 42 valence electrons. The Morgan fingerprint density at radius 1 is 1.75 bits per heavy atom. The van der Waals surface area contributed by atoms with Crippen LogP contribution in [-0.2, 0) is 0 Å². The van der Waals surface area contributed by atoms with E-state index in [1.807, 2.05) is 0 Å². The molecule has 0 aromatic heterocycles. The van der Waals surface area contributed by atoms with Crippen molar-refractivity contribution in [2.45, 2.75) is 19.3 Å². The molecule has 0 amide bonds. The van der Waals surface area contributed by atoms with Crippen LogP contribution in [0, 0.1) is 16.7 Å². The average Bonchev–Trinajstić information content (AvgIpc) is 2.50. The van der Waals surface area contributed by atoms with Gasteiger partial charge in [0.05, 0.1) is 6.07 Å². The van der Waals surface area contributed by atoms with Gasteiger partial charge in [-0.25, -0.2) is 0 Å². The number of nitriles is 1. The summed E-state index contributed by atoms with van der Waals surface area (Å²) in [5.74, 6) is 0. The van der Waals surface area contributed by atoms with E-state index in [1.165, 1.54) is 0 Å². The van der Waals surface area contributed by atoms with Gasteiger partial charge in [-0.3, -0.25) is 0 Å². The molecule has 0 saturated heterocycles. The highest BCUT2D eigenvalue weighted by Crippen LogP contribution is 2.46. The van der Waals surface area contributed by atoms with Crippen LogP contribution in [0.1, 0.15) is 19.3 Å². The highest BCUT2D eigenvalue weighted by molar-refractivity contribution is 7.79. The normalized spacial score (nSPS) is 21.4. The summed E-state index contributed by atoms with van der Waals surface area (Å²) in [4.78, 5) is 0. The van der Waals surface area contributed by atoms with Crippen LogP contribution in [0.15, 0.2) is 0 Å². The molecule has 0 aromatic rings. The second-order valence-corrected chi connectivity index (χ2v) is 2.55. The Balaban J connectivity index is 2.44. The van der Waals surface area contributed by atoms with Crippen molar-refractivity contribution >= 4 is 17.6 Å². The first-order valence-corrected chi connectivity index (χ1v) is 3.13. The molecule has 0 bridgehead atoms. The molecule has 0 unspecified atom stereocenters. The lowest BCUT2D eigenvalue weighted by Gasteiger charge is -1.96. The highest BCUT2D eigenvalue weighted by atomic mass is 32.1. The van der Waals surface area contributed by atoms with E-state index in [0.717, 1.165) is 12.8 Å². The Labute approximate surface area is 54.3 Å². The monoisotopic (exact) mass is 125 g/mol. The van der Waals surface area contributed by atoms with Crippen LogP contribution in [0.3, 0.4) is 0 Å². The minimum absolute atomic E-state index is 0.171. The second-order valence-electron chi connectivity index (χ2n) is 2.32. The van der Waals surface area contributed by atoms with Gasteiger partial charge in [0, 0.05) is 11.8 Å². The molecule has 2 heteroatoms. The molecule has 0 aromatic carbocycles. The fourth-order valence-corrected chi connectivity index (χ4v) is 0.973. The van der Waals surface area contributed by atoms with Crippen molar-refractivity contribution < 1.29 is 0 Å². The summed E-state index contributed by atoms with van der Waals surface area (Å²) in [5.41, 5.74) is 0.171. The molecule has 0 aliphatic heterocycles. The fourth-order valence-electron chi connectivity index (χ4n) is 0.654. The summed E-state index contributed by atoms with van der Waals surface area (Å²) in [7, 11) is 0. The third kappa shape index (κ3) is 0.873. The van der Waals surface area contributed by atoms with E-state index in [-0.39, 0.29) is 5.41 Å². The first-order valence-electron chi connectivity index (χ1n) is 2.66. The summed E-state index contributed by atoms with van der Waals surface area (Å²) < 4.78 is 0. The second kappa shape index (κ2) is 1.83. The van der Waals surface area contributed by atoms with E-state index in [9.17, 15) is 0 Å². The Morgan fingerprint density at radius 2 is 2.38 bits per heavy atom. The number of thiocarbonyl (C=S) groups is 1. The van der Waals surface area contributed by atoms with Crippen molar-refractivity contribution in [2.24, 2.45) is 5.41 Å². The number of hydrogen-bond acceptors (Lipinski definition) is 2. The van der Waals surface area contributed by atoms with Gasteiger partial charge in [-0.15, -0.1) is 0 Å². The topological polar surface area (TPSA) is 23.8 Å². The van der Waals surface area contributed by atoms with E-state index >= 15 is 0 Å². The molecule has 1 aliphatic rings. The van der Waals surface area contributed by atoms with E-state index in [0.29, 0.717) is 6.42 Å². The van der Waals surface area contributed by atoms with Crippen LogP contribution in [0.2, 0.25) is 0 Å². The lowest BCUT2D eigenvalue weighted by atomic mass is 10.1. The van der Waals surface area contributed by atoms with E-state index in [1.54, 1.807) is 5.37 Å². The number of nitrogens with zero attached hydrogens (tertiary/aromatic N) is 1. The number of hydrogen-bond donors (Lipinski definition) is 0. The Bertz CT molecular complexity index is 141. The van der Waals surface area contributed by atoms with Crippen molar-refractivity contribution in [2.75, 3.05) is 0 Å². The molecule has 0 spiro atoms. The molecule has 1 saturated carbocycles. The molecule has 0 atom stereocenters. The van der Waals surface area contributed by atoms with Crippen molar-refractivity contribution in [3.8, 4) is 6.07 Å². The average molecular weight is 125 g/mol. The van der Waals surface area contributed by atoms with Gasteiger partial charge in [0.25, 0.3) is 0 Å². The van der Waals surface area contributed by atoms with Crippen LogP contribution in [0.4, 0.5) is 0 Å². The van der Waals surface area contributed by atoms with Gasteiger partial charge >= 0.3 is 0 Å². The molecule has 1 rings (SSSR count). The third-order valence-electron chi connectivity index (χ3n) is 1.57. The van der Waals surface area contributed by atoms with Crippen LogP contribution in [-0.4, -0.2) is 5.37 Å². The van der Waals surface area contributed by atoms with Gasteiger partial charge in [-0.05, 0) is 18.2 Å². The van der Waals surface area contributed by atoms with Gasteiger partial charge < -0.3 is 0 Å². The summed E-state index contributed by atoms with van der Waals surface area (Å²) in [5, 5.41) is 10.0. The van der Waals surface area contributed by atoms with Crippen molar-refractivity contribution in [1.82, 2.24) is 0 Å². The maximum Gasteiger partial charge on any atom is 0.0631 e. The molecular formula is C6H7NS. The largest absolute Gasteiger partial charge is 0.198 e. The molecule has 1 fully saturated rings.